The van der Waals surface area contributed by atoms with Gasteiger partial charge in [0.05, 0.1) is 7.11 Å². The van der Waals surface area contributed by atoms with Crippen LogP contribution in [0.4, 0.5) is 0 Å². The normalized spacial score (nSPS) is 10.7. The van der Waals surface area contributed by atoms with Crippen molar-refractivity contribution in [2.75, 3.05) is 7.11 Å². The molecule has 0 aliphatic heterocycles. The molecule has 3 aromatic rings. The van der Waals surface area contributed by atoms with Crippen LogP contribution in [-0.2, 0) is 12.3 Å². The number of allylic oxidation sites excluding steroid dienone is 1. The lowest BCUT2D eigenvalue weighted by molar-refractivity contribution is 0.411. The van der Waals surface area contributed by atoms with Gasteiger partial charge in [0.2, 0.25) is 0 Å². The summed E-state index contributed by atoms with van der Waals surface area (Å²) in [6.45, 7) is 6.57. The Kier molecular flexibility index (Phi) is 6.01. The summed E-state index contributed by atoms with van der Waals surface area (Å²) < 4.78 is 7.53. The van der Waals surface area contributed by atoms with Crippen molar-refractivity contribution in [2.24, 2.45) is 0 Å². The summed E-state index contributed by atoms with van der Waals surface area (Å²) in [4.78, 5) is 0. The minimum absolute atomic E-state index is 0.637. The van der Waals surface area contributed by atoms with Gasteiger partial charge in [-0.25, -0.2) is 0 Å². The highest BCUT2D eigenvalue weighted by atomic mass is 35.5. The minimum atomic E-state index is 0.637. The van der Waals surface area contributed by atoms with E-state index in [-0.39, 0.29) is 0 Å². The molecule has 0 aliphatic rings. The van der Waals surface area contributed by atoms with Crippen LogP contribution < -0.4 is 4.74 Å². The van der Waals surface area contributed by atoms with E-state index in [9.17, 15) is 0 Å². The molecule has 1 aromatic heterocycles. The molecule has 0 radical (unpaired) electrons. The maximum absolute atomic E-state index is 5.99. The van der Waals surface area contributed by atoms with Gasteiger partial charge >= 0.3 is 0 Å². The molecule has 0 fully saturated rings. The highest BCUT2D eigenvalue weighted by molar-refractivity contribution is 7.98. The number of halogens is 1. The fraction of sp³-hybridized carbons (Fsp3) is 0.200. The van der Waals surface area contributed by atoms with Crippen LogP contribution in [0.25, 0.3) is 11.4 Å². The minimum Gasteiger partial charge on any atom is -0.496 e. The Bertz CT molecular complexity index is 906. The second-order valence-corrected chi connectivity index (χ2v) is 7.20. The van der Waals surface area contributed by atoms with E-state index in [1.807, 2.05) is 42.5 Å². The molecule has 0 unspecified atom stereocenters. The number of rotatable bonds is 7. The van der Waals surface area contributed by atoms with E-state index in [1.54, 1.807) is 18.9 Å². The predicted octanol–water partition coefficient (Wildman–Crippen LogP) is 5.39. The third-order valence-corrected chi connectivity index (χ3v) is 5.19. The molecule has 0 amide bonds. The van der Waals surface area contributed by atoms with Gasteiger partial charge in [-0.3, -0.25) is 4.57 Å². The van der Waals surface area contributed by atoms with E-state index in [4.69, 9.17) is 16.3 Å². The standard InChI is InChI=1S/C20H20ClN3OS/c1-4-11-24-19(15-6-8-17(21)9-7-15)22-23-20(24)26-13-16-12-14(2)5-10-18(16)25-3/h4-10,12H,1,11,13H2,2-3H3. The van der Waals surface area contributed by atoms with E-state index in [2.05, 4.69) is 34.3 Å². The smallest absolute Gasteiger partial charge is 0.192 e. The quantitative estimate of drug-likeness (QED) is 0.403. The third kappa shape index (κ3) is 4.11. The summed E-state index contributed by atoms with van der Waals surface area (Å²) in [5, 5.41) is 10.3. The molecule has 0 aliphatic carbocycles. The maximum atomic E-state index is 5.99. The maximum Gasteiger partial charge on any atom is 0.192 e. The summed E-state index contributed by atoms with van der Waals surface area (Å²) in [6.07, 6.45) is 1.85. The van der Waals surface area contributed by atoms with Crippen molar-refractivity contribution in [2.45, 2.75) is 24.4 Å². The van der Waals surface area contributed by atoms with E-state index >= 15 is 0 Å². The van der Waals surface area contributed by atoms with Crippen LogP contribution in [0.5, 0.6) is 5.75 Å². The van der Waals surface area contributed by atoms with Crippen LogP contribution in [0.3, 0.4) is 0 Å². The molecule has 2 aromatic carbocycles. The zero-order chi connectivity index (χ0) is 18.5. The van der Waals surface area contributed by atoms with Gasteiger partial charge in [-0.05, 0) is 37.3 Å². The number of thioether (sulfide) groups is 1. The third-order valence-electron chi connectivity index (χ3n) is 3.92. The Morgan fingerprint density at radius 3 is 2.65 bits per heavy atom. The Labute approximate surface area is 162 Å². The lowest BCUT2D eigenvalue weighted by Crippen LogP contribution is -2.01. The van der Waals surface area contributed by atoms with E-state index < -0.39 is 0 Å². The zero-order valence-electron chi connectivity index (χ0n) is 14.8. The number of ether oxygens (including phenoxy) is 1. The van der Waals surface area contributed by atoms with Crippen LogP contribution in [-0.4, -0.2) is 21.9 Å². The van der Waals surface area contributed by atoms with Gasteiger partial charge in [0.25, 0.3) is 0 Å². The molecule has 0 saturated carbocycles. The molecule has 134 valence electrons. The molecular weight excluding hydrogens is 366 g/mol. The van der Waals surface area contributed by atoms with Crippen molar-refractivity contribution in [3.05, 3.63) is 71.3 Å². The number of methoxy groups -OCH3 is 1. The fourth-order valence-electron chi connectivity index (χ4n) is 2.66. The first-order valence-electron chi connectivity index (χ1n) is 8.18. The Morgan fingerprint density at radius 2 is 1.96 bits per heavy atom. The van der Waals surface area contributed by atoms with Gasteiger partial charge in [0.1, 0.15) is 5.75 Å². The number of aromatic nitrogens is 3. The number of nitrogens with zero attached hydrogens (tertiary/aromatic N) is 3. The molecule has 26 heavy (non-hydrogen) atoms. The largest absolute Gasteiger partial charge is 0.496 e. The molecule has 0 saturated heterocycles. The molecular formula is C20H20ClN3OS. The van der Waals surface area contributed by atoms with Gasteiger partial charge in [-0.15, -0.1) is 16.8 Å². The van der Waals surface area contributed by atoms with Gasteiger partial charge in [0.15, 0.2) is 11.0 Å². The van der Waals surface area contributed by atoms with Crippen LogP contribution in [0, 0.1) is 6.92 Å². The first-order valence-corrected chi connectivity index (χ1v) is 9.55. The Balaban J connectivity index is 1.88. The Morgan fingerprint density at radius 1 is 1.19 bits per heavy atom. The summed E-state index contributed by atoms with van der Waals surface area (Å²) >= 11 is 7.62. The van der Waals surface area contributed by atoms with Crippen molar-refractivity contribution in [1.29, 1.82) is 0 Å². The molecule has 6 heteroatoms. The molecule has 3 rings (SSSR count). The van der Waals surface area contributed by atoms with Crippen LogP contribution in [0.2, 0.25) is 5.02 Å². The molecule has 1 heterocycles. The van der Waals surface area contributed by atoms with Crippen LogP contribution in [0.1, 0.15) is 11.1 Å². The van der Waals surface area contributed by atoms with E-state index in [0.717, 1.165) is 33.6 Å². The van der Waals surface area contributed by atoms with Gasteiger partial charge in [-0.1, -0.05) is 47.1 Å². The van der Waals surface area contributed by atoms with Crippen molar-refractivity contribution < 1.29 is 4.74 Å². The van der Waals surface area contributed by atoms with Crippen molar-refractivity contribution in [1.82, 2.24) is 14.8 Å². The van der Waals surface area contributed by atoms with Crippen molar-refractivity contribution in [3.63, 3.8) is 0 Å². The van der Waals surface area contributed by atoms with Crippen molar-refractivity contribution in [3.8, 4) is 17.1 Å². The average Bonchev–Trinajstić information content (AvgIpc) is 3.04. The molecule has 0 atom stereocenters. The zero-order valence-corrected chi connectivity index (χ0v) is 16.3. The summed E-state index contributed by atoms with van der Waals surface area (Å²) in [6, 6.07) is 13.8. The van der Waals surface area contributed by atoms with E-state index in [1.165, 1.54) is 5.56 Å². The fourth-order valence-corrected chi connectivity index (χ4v) is 3.72. The topological polar surface area (TPSA) is 39.9 Å². The lowest BCUT2D eigenvalue weighted by Gasteiger charge is -2.10. The van der Waals surface area contributed by atoms with Gasteiger partial charge in [0, 0.05) is 28.4 Å². The van der Waals surface area contributed by atoms with Crippen LogP contribution in [0.15, 0.2) is 60.3 Å². The van der Waals surface area contributed by atoms with Crippen LogP contribution >= 0.6 is 23.4 Å². The molecule has 0 N–H and O–H groups in total. The highest BCUT2D eigenvalue weighted by Gasteiger charge is 2.14. The van der Waals surface area contributed by atoms with Gasteiger partial charge in [-0.2, -0.15) is 0 Å². The monoisotopic (exact) mass is 385 g/mol. The van der Waals surface area contributed by atoms with E-state index in [0.29, 0.717) is 11.6 Å². The summed E-state index contributed by atoms with van der Waals surface area (Å²) in [7, 11) is 1.69. The SMILES string of the molecule is C=CCn1c(SCc2cc(C)ccc2OC)nnc1-c1ccc(Cl)cc1. The molecule has 0 spiro atoms. The molecule has 0 bridgehead atoms. The Hall–Kier alpha value is -2.24. The predicted molar refractivity (Wildman–Crippen MR) is 108 cm³/mol. The lowest BCUT2D eigenvalue weighted by atomic mass is 10.1. The summed E-state index contributed by atoms with van der Waals surface area (Å²) in [5.41, 5.74) is 3.32. The summed E-state index contributed by atoms with van der Waals surface area (Å²) in [5.74, 6) is 2.44. The first kappa shape index (κ1) is 18.5. The average molecular weight is 386 g/mol. The number of aryl methyl sites for hydroxylation is 1. The number of hydrogen-bond donors (Lipinski definition) is 0. The second-order valence-electron chi connectivity index (χ2n) is 5.82. The number of benzene rings is 2. The molecule has 4 nitrogen and oxygen atoms in total. The second kappa shape index (κ2) is 8.43. The first-order chi connectivity index (χ1) is 12.6. The van der Waals surface area contributed by atoms with Gasteiger partial charge < -0.3 is 4.74 Å². The number of hydrogen-bond acceptors (Lipinski definition) is 4. The highest BCUT2D eigenvalue weighted by Crippen LogP contribution is 2.30. The van der Waals surface area contributed by atoms with Crippen molar-refractivity contribution >= 4 is 23.4 Å².